The van der Waals surface area contributed by atoms with E-state index in [0.29, 0.717) is 12.1 Å². The van der Waals surface area contributed by atoms with Gasteiger partial charge in [0.25, 0.3) is 0 Å². The Bertz CT molecular complexity index is 959. The number of thiazole rings is 1. The molecule has 0 atom stereocenters. The maximum atomic E-state index is 12.2. The van der Waals surface area contributed by atoms with Crippen molar-refractivity contribution in [2.24, 2.45) is 0 Å². The summed E-state index contributed by atoms with van der Waals surface area (Å²) >= 11 is 4.61. The summed E-state index contributed by atoms with van der Waals surface area (Å²) in [5.74, 6) is -0.0805. The summed E-state index contributed by atoms with van der Waals surface area (Å²) in [7, 11) is 0. The van der Waals surface area contributed by atoms with Crippen LogP contribution < -0.4 is 10.2 Å². The molecular formula is C18H17BrN2O2S. The molecule has 2 aromatic carbocycles. The van der Waals surface area contributed by atoms with E-state index in [1.807, 2.05) is 56.3 Å². The minimum Gasteiger partial charge on any atom is -0.326 e. The molecule has 0 radical (unpaired) electrons. The van der Waals surface area contributed by atoms with E-state index in [1.54, 1.807) is 4.57 Å². The molecule has 1 N–H and O–H groups in total. The van der Waals surface area contributed by atoms with Gasteiger partial charge in [-0.15, -0.1) is 0 Å². The van der Waals surface area contributed by atoms with Gasteiger partial charge >= 0.3 is 4.87 Å². The number of carbonyl (C=O) groups excluding carboxylic acids is 1. The first-order chi connectivity index (χ1) is 11.4. The molecule has 0 spiro atoms. The largest absolute Gasteiger partial charge is 0.326 e. The summed E-state index contributed by atoms with van der Waals surface area (Å²) in [5.41, 5.74) is 2.56. The molecule has 3 rings (SSSR count). The number of nitrogens with one attached hydrogen (secondary N) is 1. The van der Waals surface area contributed by atoms with Crippen LogP contribution in [0.3, 0.4) is 0 Å². The Morgan fingerprint density at radius 2 is 2.04 bits per heavy atom. The van der Waals surface area contributed by atoms with Crippen molar-refractivity contribution in [3.05, 3.63) is 62.2 Å². The third-order valence-corrected chi connectivity index (χ3v) is 5.08. The van der Waals surface area contributed by atoms with Gasteiger partial charge in [0.2, 0.25) is 5.91 Å². The second-order valence-electron chi connectivity index (χ2n) is 5.87. The van der Waals surface area contributed by atoms with Crippen LogP contribution in [-0.2, 0) is 11.2 Å². The van der Waals surface area contributed by atoms with Crippen molar-refractivity contribution in [3.63, 3.8) is 0 Å². The first-order valence-electron chi connectivity index (χ1n) is 7.63. The van der Waals surface area contributed by atoms with Crippen LogP contribution in [0.25, 0.3) is 10.2 Å². The summed E-state index contributed by atoms with van der Waals surface area (Å²) in [6, 6.07) is 13.4. The number of benzene rings is 2. The number of halogens is 1. The van der Waals surface area contributed by atoms with Gasteiger partial charge in [-0.25, -0.2) is 0 Å². The lowest BCUT2D eigenvalue weighted by Gasteiger charge is -2.09. The summed E-state index contributed by atoms with van der Waals surface area (Å²) in [6.07, 6.45) is 0.306. The lowest BCUT2D eigenvalue weighted by Crippen LogP contribution is -2.15. The molecule has 0 saturated carbocycles. The molecule has 6 heteroatoms. The number of nitrogens with zero attached hydrogens (tertiary/aromatic N) is 1. The average Bonchev–Trinajstić information content (AvgIpc) is 2.82. The van der Waals surface area contributed by atoms with Crippen molar-refractivity contribution >= 4 is 49.1 Å². The van der Waals surface area contributed by atoms with E-state index >= 15 is 0 Å². The molecule has 0 unspecified atom stereocenters. The summed E-state index contributed by atoms with van der Waals surface area (Å²) in [4.78, 5) is 24.3. The average molecular weight is 405 g/mol. The molecule has 1 aromatic heterocycles. The lowest BCUT2D eigenvalue weighted by atomic mass is 10.1. The highest BCUT2D eigenvalue weighted by Gasteiger charge is 2.11. The fraction of sp³-hybridized carbons (Fsp3) is 0.222. The van der Waals surface area contributed by atoms with Crippen LogP contribution in [0.2, 0.25) is 0 Å². The van der Waals surface area contributed by atoms with E-state index in [1.165, 1.54) is 11.3 Å². The Morgan fingerprint density at radius 1 is 1.25 bits per heavy atom. The van der Waals surface area contributed by atoms with E-state index < -0.39 is 0 Å². The smallest absolute Gasteiger partial charge is 0.308 e. The van der Waals surface area contributed by atoms with Crippen molar-refractivity contribution in [2.45, 2.75) is 26.3 Å². The monoisotopic (exact) mass is 404 g/mol. The van der Waals surface area contributed by atoms with Crippen molar-refractivity contribution < 1.29 is 4.79 Å². The molecule has 0 aliphatic carbocycles. The quantitative estimate of drug-likeness (QED) is 0.691. The molecule has 3 aromatic rings. The van der Waals surface area contributed by atoms with Gasteiger partial charge in [-0.1, -0.05) is 39.4 Å². The fourth-order valence-corrected chi connectivity index (χ4v) is 4.14. The maximum absolute atomic E-state index is 12.2. The van der Waals surface area contributed by atoms with Gasteiger partial charge in [0.05, 0.1) is 16.6 Å². The van der Waals surface area contributed by atoms with Crippen LogP contribution in [0.4, 0.5) is 5.69 Å². The van der Waals surface area contributed by atoms with Crippen molar-refractivity contribution in [1.29, 1.82) is 0 Å². The molecule has 24 heavy (non-hydrogen) atoms. The Hall–Kier alpha value is -1.92. The van der Waals surface area contributed by atoms with Crippen LogP contribution in [0.1, 0.15) is 25.5 Å². The standard InChI is InChI=1S/C18H17BrN2O2S/c1-11(2)21-15-7-6-14(10-16(15)24-18(21)23)20-17(22)9-12-4-3-5-13(19)8-12/h3-8,10-11H,9H2,1-2H3,(H,20,22). The first kappa shape index (κ1) is 16.9. The third-order valence-electron chi connectivity index (χ3n) is 3.67. The molecule has 124 valence electrons. The van der Waals surface area contributed by atoms with E-state index in [9.17, 15) is 9.59 Å². The molecular weight excluding hydrogens is 388 g/mol. The molecule has 0 fully saturated rings. The van der Waals surface area contributed by atoms with Gasteiger partial charge in [0.1, 0.15) is 0 Å². The minimum atomic E-state index is -0.0805. The molecule has 0 bridgehead atoms. The molecule has 0 aliphatic rings. The van der Waals surface area contributed by atoms with Crippen molar-refractivity contribution in [3.8, 4) is 0 Å². The number of amides is 1. The van der Waals surface area contributed by atoms with Gasteiger partial charge < -0.3 is 5.32 Å². The maximum Gasteiger partial charge on any atom is 0.308 e. The zero-order chi connectivity index (χ0) is 17.3. The van der Waals surface area contributed by atoms with Crippen LogP contribution in [0, 0.1) is 0 Å². The Kier molecular flexibility index (Phi) is 4.87. The van der Waals surface area contributed by atoms with E-state index in [0.717, 1.165) is 20.3 Å². The van der Waals surface area contributed by atoms with Gasteiger partial charge in [-0.05, 0) is 49.7 Å². The van der Waals surface area contributed by atoms with E-state index in [-0.39, 0.29) is 16.8 Å². The first-order valence-corrected chi connectivity index (χ1v) is 9.24. The molecule has 0 aliphatic heterocycles. The topological polar surface area (TPSA) is 51.1 Å². The number of rotatable bonds is 4. The van der Waals surface area contributed by atoms with Crippen LogP contribution in [-0.4, -0.2) is 10.5 Å². The predicted octanol–water partition coefficient (Wildman–Crippen LogP) is 4.59. The second kappa shape index (κ2) is 6.91. The van der Waals surface area contributed by atoms with Gasteiger partial charge in [-0.2, -0.15) is 0 Å². The molecule has 1 amide bonds. The normalized spacial score (nSPS) is 11.2. The Balaban J connectivity index is 1.80. The third kappa shape index (κ3) is 3.60. The van der Waals surface area contributed by atoms with Crippen LogP contribution >= 0.6 is 27.3 Å². The molecule has 0 saturated heterocycles. The highest BCUT2D eigenvalue weighted by molar-refractivity contribution is 9.10. The fourth-order valence-electron chi connectivity index (χ4n) is 2.64. The van der Waals surface area contributed by atoms with E-state index in [2.05, 4.69) is 21.2 Å². The van der Waals surface area contributed by atoms with E-state index in [4.69, 9.17) is 0 Å². The van der Waals surface area contributed by atoms with Crippen LogP contribution in [0.5, 0.6) is 0 Å². The second-order valence-corrected chi connectivity index (χ2v) is 7.78. The van der Waals surface area contributed by atoms with Gasteiger partial charge in [-0.3, -0.25) is 14.2 Å². The zero-order valence-corrected chi connectivity index (χ0v) is 15.8. The van der Waals surface area contributed by atoms with Crippen molar-refractivity contribution in [2.75, 3.05) is 5.32 Å². The Labute approximate surface area is 152 Å². The van der Waals surface area contributed by atoms with Crippen LogP contribution in [0.15, 0.2) is 51.7 Å². The molecule has 4 nitrogen and oxygen atoms in total. The number of anilines is 1. The number of hydrogen-bond acceptors (Lipinski definition) is 3. The number of fused-ring (bicyclic) bond motifs is 1. The van der Waals surface area contributed by atoms with Crippen molar-refractivity contribution in [1.82, 2.24) is 4.57 Å². The number of aromatic nitrogens is 1. The minimum absolute atomic E-state index is 0.0256. The number of hydrogen-bond donors (Lipinski definition) is 1. The predicted molar refractivity (Wildman–Crippen MR) is 103 cm³/mol. The molecule has 1 heterocycles. The highest BCUT2D eigenvalue weighted by Crippen LogP contribution is 2.24. The summed E-state index contributed by atoms with van der Waals surface area (Å²) in [6.45, 7) is 3.97. The zero-order valence-electron chi connectivity index (χ0n) is 13.4. The Morgan fingerprint density at radius 3 is 2.75 bits per heavy atom. The van der Waals surface area contributed by atoms with Gasteiger partial charge in [0, 0.05) is 16.2 Å². The SMILES string of the molecule is CC(C)n1c(=O)sc2cc(NC(=O)Cc3cccc(Br)c3)ccc21. The van der Waals surface area contributed by atoms with Gasteiger partial charge in [0.15, 0.2) is 0 Å². The summed E-state index contributed by atoms with van der Waals surface area (Å²) < 4.78 is 3.61. The highest BCUT2D eigenvalue weighted by atomic mass is 79.9. The lowest BCUT2D eigenvalue weighted by molar-refractivity contribution is -0.115. The summed E-state index contributed by atoms with van der Waals surface area (Å²) in [5, 5.41) is 2.90. The number of carbonyl (C=O) groups is 1.